The van der Waals surface area contributed by atoms with Crippen LogP contribution in [0.1, 0.15) is 29.0 Å². The number of furan rings is 1. The number of methoxy groups -OCH3 is 1. The zero-order valence-electron chi connectivity index (χ0n) is 18.3. The van der Waals surface area contributed by atoms with E-state index in [0.717, 1.165) is 43.1 Å². The number of ether oxygens (including phenoxy) is 1. The number of piperidine rings is 1. The average Bonchev–Trinajstić information content (AvgIpc) is 3.36. The van der Waals surface area contributed by atoms with E-state index in [2.05, 4.69) is 4.90 Å². The second-order valence-electron chi connectivity index (χ2n) is 8.04. The number of hydrogen-bond acceptors (Lipinski definition) is 5. The Bertz CT molecular complexity index is 1010. The van der Waals surface area contributed by atoms with Crippen molar-refractivity contribution in [3.63, 3.8) is 0 Å². The number of ketones is 1. The Morgan fingerprint density at radius 2 is 1.72 bits per heavy atom. The highest BCUT2D eigenvalue weighted by Crippen LogP contribution is 2.24. The molecule has 2 aromatic carbocycles. The molecular weight excluding hydrogens is 404 g/mol. The minimum Gasteiger partial charge on any atom is -0.497 e. The zero-order chi connectivity index (χ0) is 22.3. The van der Waals surface area contributed by atoms with Gasteiger partial charge in [-0.1, -0.05) is 18.2 Å². The van der Waals surface area contributed by atoms with Crippen LogP contribution in [0.15, 0.2) is 77.4 Å². The molecule has 6 heteroatoms. The fourth-order valence-electron chi connectivity index (χ4n) is 4.11. The van der Waals surface area contributed by atoms with Crippen LogP contribution in [0.3, 0.4) is 0 Å². The Kier molecular flexibility index (Phi) is 7.02. The highest BCUT2D eigenvalue weighted by molar-refractivity contribution is 5.98. The highest BCUT2D eigenvalue weighted by atomic mass is 16.5. The minimum absolute atomic E-state index is 0.0110. The number of para-hydroxylation sites is 1. The normalized spacial score (nSPS) is 14.8. The van der Waals surface area contributed by atoms with Crippen LogP contribution in [-0.4, -0.2) is 43.3 Å². The summed E-state index contributed by atoms with van der Waals surface area (Å²) in [7, 11) is 1.61. The molecule has 32 heavy (non-hydrogen) atoms. The van der Waals surface area contributed by atoms with Gasteiger partial charge in [-0.25, -0.2) is 0 Å². The molecule has 4 rings (SSSR count). The number of nitrogens with zero attached hydrogens (tertiary/aromatic N) is 2. The number of carbonyl (C=O) groups excluding carboxylic acids is 2. The lowest BCUT2D eigenvalue weighted by Crippen LogP contribution is -2.44. The number of benzene rings is 2. The van der Waals surface area contributed by atoms with Gasteiger partial charge in [0.25, 0.3) is 0 Å². The maximum atomic E-state index is 13.2. The summed E-state index contributed by atoms with van der Waals surface area (Å²) in [6.07, 6.45) is 3.12. The van der Waals surface area contributed by atoms with E-state index in [1.54, 1.807) is 18.3 Å². The third kappa shape index (κ3) is 5.26. The molecule has 0 bridgehead atoms. The van der Waals surface area contributed by atoms with Gasteiger partial charge in [0.05, 0.1) is 26.5 Å². The summed E-state index contributed by atoms with van der Waals surface area (Å²) >= 11 is 0. The number of anilines is 1. The van der Waals surface area contributed by atoms with Crippen molar-refractivity contribution in [2.24, 2.45) is 5.92 Å². The molecule has 1 aliphatic heterocycles. The van der Waals surface area contributed by atoms with Gasteiger partial charge in [-0.3, -0.25) is 14.5 Å². The van der Waals surface area contributed by atoms with Gasteiger partial charge in [0, 0.05) is 17.2 Å². The molecule has 0 atom stereocenters. The molecule has 1 aliphatic rings. The second kappa shape index (κ2) is 10.3. The van der Waals surface area contributed by atoms with Crippen molar-refractivity contribution in [2.45, 2.75) is 19.4 Å². The molecule has 0 aliphatic carbocycles. The molecule has 3 aromatic rings. The zero-order valence-corrected chi connectivity index (χ0v) is 18.3. The monoisotopic (exact) mass is 432 g/mol. The van der Waals surface area contributed by atoms with Crippen molar-refractivity contribution in [1.82, 2.24) is 4.90 Å². The van der Waals surface area contributed by atoms with Gasteiger partial charge in [0.2, 0.25) is 5.91 Å². The van der Waals surface area contributed by atoms with Crippen LogP contribution in [0, 0.1) is 5.92 Å². The van der Waals surface area contributed by atoms with Gasteiger partial charge >= 0.3 is 0 Å². The van der Waals surface area contributed by atoms with E-state index in [1.165, 1.54) is 0 Å². The van der Waals surface area contributed by atoms with Crippen LogP contribution in [0.5, 0.6) is 5.75 Å². The molecular formula is C26H28N2O4. The first kappa shape index (κ1) is 21.8. The smallest absolute Gasteiger partial charge is 0.241 e. The van der Waals surface area contributed by atoms with Crippen LogP contribution in [0.2, 0.25) is 0 Å². The molecule has 0 spiro atoms. The summed E-state index contributed by atoms with van der Waals surface area (Å²) in [6.45, 7) is 2.16. The molecule has 1 fully saturated rings. The fourth-order valence-corrected chi connectivity index (χ4v) is 4.11. The molecule has 0 saturated carbocycles. The number of amides is 1. The van der Waals surface area contributed by atoms with E-state index in [1.807, 2.05) is 66.7 Å². The Balaban J connectivity index is 1.35. The van der Waals surface area contributed by atoms with Crippen molar-refractivity contribution in [1.29, 1.82) is 0 Å². The van der Waals surface area contributed by atoms with E-state index in [4.69, 9.17) is 9.15 Å². The van der Waals surface area contributed by atoms with Gasteiger partial charge < -0.3 is 14.1 Å². The predicted octanol–water partition coefficient (Wildman–Crippen LogP) is 4.42. The van der Waals surface area contributed by atoms with Crippen molar-refractivity contribution < 1.29 is 18.7 Å². The summed E-state index contributed by atoms with van der Waals surface area (Å²) in [6, 6.07) is 20.6. The lowest BCUT2D eigenvalue weighted by Gasteiger charge is -2.32. The Hall–Kier alpha value is -3.38. The first-order valence-corrected chi connectivity index (χ1v) is 10.9. The highest BCUT2D eigenvalue weighted by Gasteiger charge is 2.28. The van der Waals surface area contributed by atoms with Crippen LogP contribution in [0.4, 0.5) is 5.69 Å². The van der Waals surface area contributed by atoms with Crippen LogP contribution in [0.25, 0.3) is 0 Å². The molecule has 2 heterocycles. The molecule has 1 saturated heterocycles. The molecule has 0 N–H and O–H groups in total. The van der Waals surface area contributed by atoms with Gasteiger partial charge in [-0.05, 0) is 74.5 Å². The van der Waals surface area contributed by atoms with Crippen molar-refractivity contribution in [2.75, 3.05) is 31.6 Å². The third-order valence-electron chi connectivity index (χ3n) is 5.95. The molecule has 0 radical (unpaired) electrons. The number of likely N-dealkylation sites (tertiary alicyclic amines) is 1. The van der Waals surface area contributed by atoms with Crippen LogP contribution < -0.4 is 9.64 Å². The Morgan fingerprint density at radius 3 is 2.34 bits per heavy atom. The summed E-state index contributed by atoms with van der Waals surface area (Å²) in [5.41, 5.74) is 1.56. The molecule has 166 valence electrons. The second-order valence-corrected chi connectivity index (χ2v) is 8.04. The largest absolute Gasteiger partial charge is 0.497 e. The quantitative estimate of drug-likeness (QED) is 0.493. The standard InChI is InChI=1S/C26H28N2O4/c1-31-23-11-9-20(10-12-23)26(30)21-13-15-27(16-14-21)19-25(29)28(18-24-8-5-17-32-24)22-6-3-2-4-7-22/h2-12,17,21H,13-16,18-19H2,1H3. The van der Waals surface area contributed by atoms with E-state index < -0.39 is 0 Å². The SMILES string of the molecule is COc1ccc(C(=O)C2CCN(CC(=O)N(Cc3ccco3)c3ccccc3)CC2)cc1. The lowest BCUT2D eigenvalue weighted by molar-refractivity contribution is -0.120. The summed E-state index contributed by atoms with van der Waals surface area (Å²) < 4.78 is 10.6. The Morgan fingerprint density at radius 1 is 1.00 bits per heavy atom. The number of hydrogen-bond donors (Lipinski definition) is 0. The minimum atomic E-state index is -0.0110. The van der Waals surface area contributed by atoms with Crippen LogP contribution >= 0.6 is 0 Å². The Labute approximate surface area is 188 Å². The average molecular weight is 433 g/mol. The van der Waals surface area contributed by atoms with E-state index >= 15 is 0 Å². The summed E-state index contributed by atoms with van der Waals surface area (Å²) in [5, 5.41) is 0. The maximum absolute atomic E-state index is 13.2. The lowest BCUT2D eigenvalue weighted by atomic mass is 9.89. The van der Waals surface area contributed by atoms with Crippen molar-refractivity contribution in [3.05, 3.63) is 84.3 Å². The predicted molar refractivity (Wildman–Crippen MR) is 123 cm³/mol. The van der Waals surface area contributed by atoms with Crippen molar-refractivity contribution in [3.8, 4) is 5.75 Å². The molecule has 6 nitrogen and oxygen atoms in total. The van der Waals surface area contributed by atoms with Crippen LogP contribution in [-0.2, 0) is 11.3 Å². The number of carbonyl (C=O) groups is 2. The topological polar surface area (TPSA) is 63.0 Å². The van der Waals surface area contributed by atoms with E-state index in [0.29, 0.717) is 18.7 Å². The van der Waals surface area contributed by atoms with Gasteiger partial charge in [-0.15, -0.1) is 0 Å². The first-order valence-electron chi connectivity index (χ1n) is 10.9. The summed E-state index contributed by atoms with van der Waals surface area (Å²) in [4.78, 5) is 29.9. The molecule has 1 amide bonds. The van der Waals surface area contributed by atoms with E-state index in [9.17, 15) is 9.59 Å². The summed E-state index contributed by atoms with van der Waals surface area (Å²) in [5.74, 6) is 1.66. The van der Waals surface area contributed by atoms with Crippen molar-refractivity contribution >= 4 is 17.4 Å². The maximum Gasteiger partial charge on any atom is 0.241 e. The van der Waals surface area contributed by atoms with E-state index in [-0.39, 0.29) is 17.6 Å². The number of Topliss-reactive ketones (excluding diaryl/α,β-unsaturated/α-hetero) is 1. The fraction of sp³-hybridized carbons (Fsp3) is 0.308. The molecule has 1 aromatic heterocycles. The first-order chi connectivity index (χ1) is 15.6. The number of rotatable bonds is 8. The van der Waals surface area contributed by atoms with Gasteiger partial charge in [-0.2, -0.15) is 0 Å². The third-order valence-corrected chi connectivity index (χ3v) is 5.95. The van der Waals surface area contributed by atoms with Gasteiger partial charge in [0.15, 0.2) is 5.78 Å². The molecule has 0 unspecified atom stereocenters. The van der Waals surface area contributed by atoms with Gasteiger partial charge in [0.1, 0.15) is 11.5 Å².